The van der Waals surface area contributed by atoms with E-state index in [-0.39, 0.29) is 4.87 Å². The molecule has 0 bridgehead atoms. The third-order valence-electron chi connectivity index (χ3n) is 3.25. The van der Waals surface area contributed by atoms with Crippen LogP contribution in [-0.2, 0) is 0 Å². The number of alkyl halides is 1. The molecule has 0 spiro atoms. The highest BCUT2D eigenvalue weighted by Crippen LogP contribution is 2.58. The molecule has 2 rings (SSSR count). The normalized spacial score (nSPS) is 47.8. The minimum atomic E-state index is -0.149. The number of allylic oxidation sites excluding steroid dienone is 1. The van der Waals surface area contributed by atoms with Crippen molar-refractivity contribution in [3.05, 3.63) is 12.7 Å². The second kappa shape index (κ2) is 2.74. The fourth-order valence-electron chi connectivity index (χ4n) is 2.63. The minimum absolute atomic E-state index is 0.149. The largest absolute Gasteiger partial charge is 0.369 e. The van der Waals surface area contributed by atoms with Gasteiger partial charge in [-0.05, 0) is 12.3 Å². The first-order valence-corrected chi connectivity index (χ1v) is 5.11. The van der Waals surface area contributed by atoms with E-state index in [1.54, 1.807) is 0 Å². The second-order valence-corrected chi connectivity index (χ2v) is 4.93. The Morgan fingerprint density at radius 3 is 3.15 bits per heavy atom. The van der Waals surface area contributed by atoms with E-state index in [2.05, 4.69) is 18.8 Å². The van der Waals surface area contributed by atoms with Gasteiger partial charge in [0.05, 0.1) is 16.8 Å². The molecule has 4 unspecified atom stereocenters. The SMILES string of the molecule is C=CCC1(Cl)C2NC(=N)CC(C)C21. The van der Waals surface area contributed by atoms with Crippen molar-refractivity contribution in [3.63, 3.8) is 0 Å². The first kappa shape index (κ1) is 9.07. The zero-order valence-corrected chi connectivity index (χ0v) is 8.56. The van der Waals surface area contributed by atoms with Gasteiger partial charge >= 0.3 is 0 Å². The van der Waals surface area contributed by atoms with E-state index in [1.165, 1.54) is 0 Å². The molecule has 13 heavy (non-hydrogen) atoms. The summed E-state index contributed by atoms with van der Waals surface area (Å²) in [7, 11) is 0. The van der Waals surface area contributed by atoms with E-state index >= 15 is 0 Å². The van der Waals surface area contributed by atoms with Gasteiger partial charge in [-0.15, -0.1) is 18.2 Å². The van der Waals surface area contributed by atoms with Crippen molar-refractivity contribution in [1.82, 2.24) is 5.32 Å². The van der Waals surface area contributed by atoms with E-state index in [4.69, 9.17) is 17.0 Å². The van der Waals surface area contributed by atoms with Crippen molar-refractivity contribution >= 4 is 17.4 Å². The lowest BCUT2D eigenvalue weighted by Crippen LogP contribution is -2.34. The van der Waals surface area contributed by atoms with Crippen LogP contribution in [-0.4, -0.2) is 16.8 Å². The highest BCUT2D eigenvalue weighted by atomic mass is 35.5. The lowest BCUT2D eigenvalue weighted by molar-refractivity contribution is 0.463. The van der Waals surface area contributed by atoms with Crippen molar-refractivity contribution < 1.29 is 0 Å². The summed E-state index contributed by atoms with van der Waals surface area (Å²) in [5.74, 6) is 1.71. The van der Waals surface area contributed by atoms with Crippen molar-refractivity contribution in [2.75, 3.05) is 0 Å². The Kier molecular flexibility index (Phi) is 1.91. The predicted octanol–water partition coefficient (Wildman–Crippen LogP) is 2.15. The Morgan fingerprint density at radius 2 is 2.54 bits per heavy atom. The van der Waals surface area contributed by atoms with Crippen LogP contribution in [0.5, 0.6) is 0 Å². The van der Waals surface area contributed by atoms with Gasteiger partial charge in [0.2, 0.25) is 0 Å². The number of hydrogen-bond acceptors (Lipinski definition) is 1. The molecule has 0 aromatic carbocycles. The minimum Gasteiger partial charge on any atom is -0.369 e. The molecule has 2 aliphatic rings. The molecular formula is C10H15ClN2. The Labute approximate surface area is 83.9 Å². The summed E-state index contributed by atoms with van der Waals surface area (Å²) >= 11 is 6.45. The Balaban J connectivity index is 2.13. The maximum Gasteiger partial charge on any atom is 0.0937 e. The molecule has 1 aliphatic heterocycles. The molecule has 0 radical (unpaired) electrons. The molecule has 1 saturated carbocycles. The number of amidine groups is 1. The Hall–Kier alpha value is -0.500. The zero-order valence-electron chi connectivity index (χ0n) is 7.81. The van der Waals surface area contributed by atoms with Gasteiger partial charge < -0.3 is 5.32 Å². The fourth-order valence-corrected chi connectivity index (χ4v) is 3.21. The topological polar surface area (TPSA) is 35.9 Å². The highest BCUT2D eigenvalue weighted by molar-refractivity contribution is 6.27. The number of piperidine rings is 1. The molecule has 0 aromatic rings. The van der Waals surface area contributed by atoms with Crippen LogP contribution in [0.15, 0.2) is 12.7 Å². The molecule has 2 fully saturated rings. The van der Waals surface area contributed by atoms with Crippen molar-refractivity contribution in [2.24, 2.45) is 11.8 Å². The predicted molar refractivity (Wildman–Crippen MR) is 55.3 cm³/mol. The quantitative estimate of drug-likeness (QED) is 0.518. The molecule has 72 valence electrons. The summed E-state index contributed by atoms with van der Waals surface area (Å²) in [4.78, 5) is -0.149. The van der Waals surface area contributed by atoms with Gasteiger partial charge in [-0.25, -0.2) is 0 Å². The molecule has 1 aliphatic carbocycles. The number of nitrogens with one attached hydrogen (secondary N) is 2. The van der Waals surface area contributed by atoms with E-state index < -0.39 is 0 Å². The van der Waals surface area contributed by atoms with Gasteiger partial charge in [0, 0.05) is 12.3 Å². The smallest absolute Gasteiger partial charge is 0.0937 e. The molecule has 2 nitrogen and oxygen atoms in total. The third-order valence-corrected chi connectivity index (χ3v) is 3.89. The zero-order chi connectivity index (χ0) is 9.64. The van der Waals surface area contributed by atoms with E-state index in [0.717, 1.165) is 12.8 Å². The molecular weight excluding hydrogens is 184 g/mol. The van der Waals surface area contributed by atoms with Gasteiger partial charge in [-0.3, -0.25) is 5.41 Å². The fraction of sp³-hybridized carbons (Fsp3) is 0.700. The van der Waals surface area contributed by atoms with Crippen LogP contribution in [0.3, 0.4) is 0 Å². The van der Waals surface area contributed by atoms with Gasteiger partial charge in [0.1, 0.15) is 0 Å². The summed E-state index contributed by atoms with van der Waals surface area (Å²) in [6, 6.07) is 0.309. The highest BCUT2D eigenvalue weighted by Gasteiger charge is 2.66. The van der Waals surface area contributed by atoms with Gasteiger partial charge in [0.15, 0.2) is 0 Å². The number of rotatable bonds is 2. The molecule has 1 heterocycles. The van der Waals surface area contributed by atoms with Crippen LogP contribution in [0, 0.1) is 17.2 Å². The van der Waals surface area contributed by atoms with Crippen LogP contribution in [0.4, 0.5) is 0 Å². The van der Waals surface area contributed by atoms with Gasteiger partial charge in [-0.1, -0.05) is 13.0 Å². The van der Waals surface area contributed by atoms with Crippen LogP contribution in [0.2, 0.25) is 0 Å². The van der Waals surface area contributed by atoms with Crippen molar-refractivity contribution in [2.45, 2.75) is 30.7 Å². The van der Waals surface area contributed by atoms with E-state index in [0.29, 0.717) is 23.7 Å². The lowest BCUT2D eigenvalue weighted by atomic mass is 9.97. The van der Waals surface area contributed by atoms with Crippen molar-refractivity contribution in [3.8, 4) is 0 Å². The summed E-state index contributed by atoms with van der Waals surface area (Å²) < 4.78 is 0. The molecule has 3 heteroatoms. The van der Waals surface area contributed by atoms with Gasteiger partial charge in [0.25, 0.3) is 0 Å². The Bertz CT molecular complexity index is 264. The molecule has 1 saturated heterocycles. The molecule has 0 amide bonds. The van der Waals surface area contributed by atoms with Crippen LogP contribution < -0.4 is 5.32 Å². The number of hydrogen-bond donors (Lipinski definition) is 2. The summed E-state index contributed by atoms with van der Waals surface area (Å²) in [6.07, 6.45) is 3.56. The maximum absolute atomic E-state index is 7.59. The van der Waals surface area contributed by atoms with Gasteiger partial charge in [-0.2, -0.15) is 0 Å². The summed E-state index contributed by atoms with van der Waals surface area (Å²) in [6.45, 7) is 5.90. The Morgan fingerprint density at radius 1 is 1.85 bits per heavy atom. The standard InChI is InChI=1S/C10H15ClN2/c1-3-4-10(11)8-6(2)5-7(12)13-9(8)10/h3,6,8-9H,1,4-5H2,2H3,(H2,12,13). The maximum atomic E-state index is 7.59. The third kappa shape index (κ3) is 1.19. The second-order valence-electron chi connectivity index (χ2n) is 4.23. The van der Waals surface area contributed by atoms with E-state index in [9.17, 15) is 0 Å². The average Bonchev–Trinajstić information content (AvgIpc) is 2.56. The molecule has 2 N–H and O–H groups in total. The van der Waals surface area contributed by atoms with Crippen LogP contribution >= 0.6 is 11.6 Å². The first-order chi connectivity index (χ1) is 6.09. The van der Waals surface area contributed by atoms with Crippen LogP contribution in [0.1, 0.15) is 19.8 Å². The molecule has 0 aromatic heterocycles. The van der Waals surface area contributed by atoms with Crippen molar-refractivity contribution in [1.29, 1.82) is 5.41 Å². The monoisotopic (exact) mass is 198 g/mol. The van der Waals surface area contributed by atoms with Crippen LogP contribution in [0.25, 0.3) is 0 Å². The number of fused-ring (bicyclic) bond motifs is 1. The molecule has 4 atom stereocenters. The van der Waals surface area contributed by atoms with E-state index in [1.807, 2.05) is 6.08 Å². The summed E-state index contributed by atoms with van der Waals surface area (Å²) in [5.41, 5.74) is 0. The number of halogens is 1. The summed E-state index contributed by atoms with van der Waals surface area (Å²) in [5, 5.41) is 10.8. The first-order valence-electron chi connectivity index (χ1n) is 4.73. The average molecular weight is 199 g/mol. The lowest BCUT2D eigenvalue weighted by Gasteiger charge is -2.18.